The molecule has 0 N–H and O–H groups in total. The van der Waals surface area contributed by atoms with E-state index in [0.717, 1.165) is 0 Å². The molecule has 0 bridgehead atoms. The van der Waals surface area contributed by atoms with E-state index < -0.39 is 0 Å². The highest BCUT2D eigenvalue weighted by atomic mass is 14.3. The van der Waals surface area contributed by atoms with Gasteiger partial charge in [0, 0.05) is 0 Å². The van der Waals surface area contributed by atoms with Crippen LogP contribution in [-0.4, -0.2) is 0 Å². The van der Waals surface area contributed by atoms with Gasteiger partial charge in [0.15, 0.2) is 0 Å². The van der Waals surface area contributed by atoms with Crippen molar-refractivity contribution in [2.24, 2.45) is 0 Å². The monoisotopic (exact) mass is 1160 g/mol. The van der Waals surface area contributed by atoms with Gasteiger partial charge in [0.1, 0.15) is 0 Å². The van der Waals surface area contributed by atoms with Gasteiger partial charge in [-0.15, -0.1) is 0 Å². The van der Waals surface area contributed by atoms with Gasteiger partial charge in [-0.25, -0.2) is 0 Å². The molecule has 0 saturated carbocycles. The Morgan fingerprint density at radius 3 is 0.870 bits per heavy atom. The molecule has 0 radical (unpaired) electrons. The summed E-state index contributed by atoms with van der Waals surface area (Å²) in [7, 11) is 0. The third-order valence-corrected chi connectivity index (χ3v) is 19.4. The highest BCUT2D eigenvalue weighted by Crippen LogP contribution is 2.50. The molecule has 20 aromatic carbocycles. The van der Waals surface area contributed by atoms with Crippen LogP contribution in [0.2, 0.25) is 0 Å². The molecule has 0 heteroatoms. The largest absolute Gasteiger partial charge is 0.0616 e. The lowest BCUT2D eigenvalue weighted by Crippen LogP contribution is -1.82. The van der Waals surface area contributed by atoms with Crippen LogP contribution >= 0.6 is 0 Å². The summed E-state index contributed by atoms with van der Waals surface area (Å²) in [5, 5.41) is 34.8. The molecule has 0 fully saturated rings. The number of hydrogen-bond donors (Lipinski definition) is 0. The fourth-order valence-electron chi connectivity index (χ4n) is 15.2. The van der Waals surface area contributed by atoms with Gasteiger partial charge in [-0.2, -0.15) is 0 Å². The molecule has 92 heavy (non-hydrogen) atoms. The van der Waals surface area contributed by atoms with Crippen LogP contribution in [-0.2, 0) is 0 Å². The Morgan fingerprint density at radius 2 is 0.370 bits per heavy atom. The third-order valence-electron chi connectivity index (χ3n) is 19.4. The Bertz CT molecular complexity index is 5980. The fourth-order valence-corrected chi connectivity index (χ4v) is 15.2. The summed E-state index contributed by atoms with van der Waals surface area (Å²) in [5.41, 5.74) is 11.0. The predicted octanol–water partition coefficient (Wildman–Crippen LogP) is 26.2. The van der Waals surface area contributed by atoms with E-state index in [0.29, 0.717) is 0 Å². The second-order valence-electron chi connectivity index (χ2n) is 24.5. The van der Waals surface area contributed by atoms with E-state index in [9.17, 15) is 0 Å². The molecule has 0 nitrogen and oxygen atoms in total. The summed E-state index contributed by atoms with van der Waals surface area (Å²) in [6.45, 7) is 0. The number of fused-ring (bicyclic) bond motifs is 18. The topological polar surface area (TPSA) is 0 Å². The first kappa shape index (κ1) is 53.1. The summed E-state index contributed by atoms with van der Waals surface area (Å²) >= 11 is 0. The number of hydrogen-bond acceptors (Lipinski definition) is 0. The van der Waals surface area contributed by atoms with Crippen molar-refractivity contribution in [3.8, 4) is 44.5 Å². The molecule has 2 aliphatic rings. The maximum atomic E-state index is 2.34. The fraction of sp³-hybridized carbons (Fsp3) is 0. The Labute approximate surface area is 533 Å². The molecular weight excluding hydrogens is 1110 g/mol. The highest BCUT2D eigenvalue weighted by Gasteiger charge is 2.23. The van der Waals surface area contributed by atoms with Gasteiger partial charge in [0.05, 0.1) is 0 Å². The normalized spacial score (nSPS) is 11.7. The van der Waals surface area contributed by atoms with Gasteiger partial charge in [-0.05, 0) is 215 Å². The minimum Gasteiger partial charge on any atom is -0.0616 e. The lowest BCUT2D eigenvalue weighted by atomic mass is 9.95. The maximum absolute atomic E-state index is 2.34. The summed E-state index contributed by atoms with van der Waals surface area (Å²) in [4.78, 5) is 0. The van der Waals surface area contributed by atoms with Crippen LogP contribution < -0.4 is 0 Å². The lowest BCUT2D eigenvalue weighted by Gasteiger charge is -2.09. The van der Waals surface area contributed by atoms with Crippen molar-refractivity contribution >= 4 is 140 Å². The molecule has 426 valence electrons. The first-order valence-electron chi connectivity index (χ1n) is 32.0. The SMILES string of the molecule is c1cc2ccc3cccc4ccc(c1)c2c34.c1ccc2c(c1)-c1cccc3c1c-2cc1ccccc13.c1ccc2c(c1)ccc1c3ccccc3ccc21.c1ccc2cc3c(cc2c1)-c1cccc2cccc-3c12.c1ccc2cc3c(ccc4ccccc43)cc2c1. The van der Waals surface area contributed by atoms with Crippen molar-refractivity contribution in [2.45, 2.75) is 0 Å². The molecule has 20 aromatic rings. The highest BCUT2D eigenvalue weighted by molar-refractivity contribution is 6.25. The molecular formula is C92H58. The maximum Gasteiger partial charge on any atom is -0.00199 e. The van der Waals surface area contributed by atoms with Gasteiger partial charge in [-0.1, -0.05) is 322 Å². The summed E-state index contributed by atoms with van der Waals surface area (Å²) in [5.74, 6) is 0. The summed E-state index contributed by atoms with van der Waals surface area (Å²) in [6.07, 6.45) is 0. The Balaban J connectivity index is 0.0000000851. The van der Waals surface area contributed by atoms with Gasteiger partial charge < -0.3 is 0 Å². The van der Waals surface area contributed by atoms with E-state index in [-0.39, 0.29) is 0 Å². The van der Waals surface area contributed by atoms with Crippen molar-refractivity contribution in [2.75, 3.05) is 0 Å². The van der Waals surface area contributed by atoms with Crippen LogP contribution in [0.4, 0.5) is 0 Å². The molecule has 2 aliphatic carbocycles. The Kier molecular flexibility index (Phi) is 12.7. The zero-order chi connectivity index (χ0) is 60.6. The smallest absolute Gasteiger partial charge is 0.00199 e. The molecule has 0 heterocycles. The van der Waals surface area contributed by atoms with Crippen LogP contribution in [0.1, 0.15) is 0 Å². The minimum atomic E-state index is 1.31. The summed E-state index contributed by atoms with van der Waals surface area (Å²) in [6, 6.07) is 127. The lowest BCUT2D eigenvalue weighted by molar-refractivity contribution is 1.70. The van der Waals surface area contributed by atoms with E-state index in [4.69, 9.17) is 0 Å². The molecule has 0 amide bonds. The van der Waals surface area contributed by atoms with E-state index in [2.05, 4.69) is 352 Å². The molecule has 0 saturated heterocycles. The van der Waals surface area contributed by atoms with Gasteiger partial charge >= 0.3 is 0 Å². The standard InChI is InChI=1S/2C20H12.2C18H12.C16H10/c1-2-6-15-12-19-17-10-4-8-13-7-3-9-16(20(13)17)18(19)11-14(15)5-1;1-2-7-14-13(6-1)12-19-16-9-4-3-8-15(16)18-11-5-10-17(14)20(18)19;1-3-7-15-13(5-1)9-11-18-16-8-4-2-6-14(16)10-12-17(15)18;1-2-7-15-12-18-16(11-14(15)6-1)10-9-13-5-3-4-8-17(13)18;1-3-11-7-9-13-5-2-6-14-10-8-12(4-1)15(11)16(13)14/h2*1-12H;2*1-12H;1-10H. The molecule has 0 aromatic heterocycles. The van der Waals surface area contributed by atoms with Crippen molar-refractivity contribution in [3.05, 3.63) is 352 Å². The average molecular weight is 1160 g/mol. The van der Waals surface area contributed by atoms with E-state index >= 15 is 0 Å². The van der Waals surface area contributed by atoms with Gasteiger partial charge in [-0.3, -0.25) is 0 Å². The number of benzene rings is 20. The molecule has 22 rings (SSSR count). The molecule has 0 aliphatic heterocycles. The molecule has 0 atom stereocenters. The van der Waals surface area contributed by atoms with Crippen molar-refractivity contribution in [3.63, 3.8) is 0 Å². The molecule has 0 spiro atoms. The van der Waals surface area contributed by atoms with E-state index in [1.807, 2.05) is 0 Å². The second kappa shape index (κ2) is 22.0. The third kappa shape index (κ3) is 8.91. The van der Waals surface area contributed by atoms with Crippen molar-refractivity contribution in [1.82, 2.24) is 0 Å². The van der Waals surface area contributed by atoms with Crippen LogP contribution in [0.5, 0.6) is 0 Å². The van der Waals surface area contributed by atoms with Gasteiger partial charge in [0.2, 0.25) is 0 Å². The van der Waals surface area contributed by atoms with Crippen molar-refractivity contribution in [1.29, 1.82) is 0 Å². The molecule has 0 unspecified atom stereocenters. The minimum absolute atomic E-state index is 1.31. The van der Waals surface area contributed by atoms with Crippen LogP contribution in [0, 0.1) is 0 Å². The Hall–Kier alpha value is -12.0. The first-order chi connectivity index (χ1) is 45.6. The van der Waals surface area contributed by atoms with Gasteiger partial charge in [0.25, 0.3) is 0 Å². The van der Waals surface area contributed by atoms with Crippen molar-refractivity contribution < 1.29 is 0 Å². The second-order valence-corrected chi connectivity index (χ2v) is 24.5. The predicted molar refractivity (Wildman–Crippen MR) is 400 cm³/mol. The summed E-state index contributed by atoms with van der Waals surface area (Å²) < 4.78 is 0. The Morgan fingerprint density at radius 1 is 0.0978 bits per heavy atom. The van der Waals surface area contributed by atoms with Crippen LogP contribution in [0.3, 0.4) is 0 Å². The van der Waals surface area contributed by atoms with E-state index in [1.54, 1.807) is 0 Å². The quantitative estimate of drug-likeness (QED) is 0.105. The average Bonchev–Trinajstić information content (AvgIpc) is 1.52. The van der Waals surface area contributed by atoms with Crippen LogP contribution in [0.15, 0.2) is 352 Å². The van der Waals surface area contributed by atoms with Crippen LogP contribution in [0.25, 0.3) is 185 Å². The van der Waals surface area contributed by atoms with E-state index in [1.165, 1.54) is 185 Å². The first-order valence-corrected chi connectivity index (χ1v) is 32.0. The number of rotatable bonds is 0. The zero-order valence-corrected chi connectivity index (χ0v) is 50.5. The zero-order valence-electron chi connectivity index (χ0n) is 50.5.